The van der Waals surface area contributed by atoms with Crippen molar-refractivity contribution in [3.63, 3.8) is 0 Å². The van der Waals surface area contributed by atoms with Gasteiger partial charge in [0.1, 0.15) is 0 Å². The Bertz CT molecular complexity index is 240. The molecule has 0 aliphatic heterocycles. The number of fused-ring (bicyclic) bond motifs is 2. The quantitative estimate of drug-likeness (QED) is 0.562. The lowest BCUT2D eigenvalue weighted by Crippen LogP contribution is -2.35. The fraction of sp³-hybridized carbons (Fsp3) is 1.00. The number of rotatable bonds is 4. The highest BCUT2D eigenvalue weighted by Crippen LogP contribution is 2.61. The molecule has 108 valence electrons. The second kappa shape index (κ2) is 6.44. The van der Waals surface area contributed by atoms with Gasteiger partial charge in [-0.05, 0) is 47.8 Å². The molecule has 0 aromatic rings. The van der Waals surface area contributed by atoms with Gasteiger partial charge in [0.05, 0.1) is 0 Å². The third kappa shape index (κ3) is 2.63. The van der Waals surface area contributed by atoms with E-state index in [-0.39, 0.29) is 0 Å². The molecule has 2 rings (SSSR count). The van der Waals surface area contributed by atoms with E-state index in [1.54, 1.807) is 12.8 Å². The summed E-state index contributed by atoms with van der Waals surface area (Å²) in [6, 6.07) is 0. The van der Waals surface area contributed by atoms with Crippen LogP contribution >= 0.6 is 0 Å². The van der Waals surface area contributed by atoms with Crippen molar-refractivity contribution >= 4 is 0 Å². The van der Waals surface area contributed by atoms with E-state index in [0.717, 1.165) is 29.6 Å². The van der Waals surface area contributed by atoms with Crippen molar-refractivity contribution in [1.29, 1.82) is 0 Å². The summed E-state index contributed by atoms with van der Waals surface area (Å²) < 4.78 is 0. The molecule has 0 saturated heterocycles. The minimum atomic E-state index is 0.589. The van der Waals surface area contributed by atoms with Crippen molar-refractivity contribution in [1.82, 2.24) is 0 Å². The van der Waals surface area contributed by atoms with Crippen molar-refractivity contribution in [3.8, 4) is 0 Å². The van der Waals surface area contributed by atoms with Crippen molar-refractivity contribution in [2.75, 3.05) is 0 Å². The molecule has 0 radical (unpaired) electrons. The first-order chi connectivity index (χ1) is 8.55. The molecule has 0 amide bonds. The van der Waals surface area contributed by atoms with E-state index in [9.17, 15) is 0 Å². The highest BCUT2D eigenvalue weighted by atomic mass is 14.6. The molecule has 2 bridgehead atoms. The second-order valence-corrected chi connectivity index (χ2v) is 6.99. The molecule has 2 saturated carbocycles. The van der Waals surface area contributed by atoms with Gasteiger partial charge in [0.2, 0.25) is 0 Å². The summed E-state index contributed by atoms with van der Waals surface area (Å²) >= 11 is 0. The first-order valence-electron chi connectivity index (χ1n) is 8.55. The fourth-order valence-electron chi connectivity index (χ4n) is 5.00. The van der Waals surface area contributed by atoms with Gasteiger partial charge < -0.3 is 0 Å². The lowest BCUT2D eigenvalue weighted by atomic mass is 9.62. The predicted molar refractivity (Wildman–Crippen MR) is 82.7 cm³/mol. The van der Waals surface area contributed by atoms with Crippen LogP contribution in [0.1, 0.15) is 80.6 Å². The van der Waals surface area contributed by atoms with Crippen LogP contribution in [-0.4, -0.2) is 0 Å². The Hall–Kier alpha value is 0. The van der Waals surface area contributed by atoms with Gasteiger partial charge >= 0.3 is 0 Å². The molecule has 0 N–H and O–H groups in total. The van der Waals surface area contributed by atoms with Gasteiger partial charge in [-0.2, -0.15) is 0 Å². The highest BCUT2D eigenvalue weighted by molar-refractivity contribution is 5.03. The highest BCUT2D eigenvalue weighted by Gasteiger charge is 2.53. The zero-order valence-electron chi connectivity index (χ0n) is 13.9. The van der Waals surface area contributed by atoms with Gasteiger partial charge in [0.15, 0.2) is 0 Å². The summed E-state index contributed by atoms with van der Waals surface area (Å²) in [6.45, 7) is 16.2. The molecule has 0 spiro atoms. The van der Waals surface area contributed by atoms with E-state index in [4.69, 9.17) is 0 Å². The molecular formula is C18H36. The van der Waals surface area contributed by atoms with Crippen LogP contribution in [0.5, 0.6) is 0 Å². The summed E-state index contributed by atoms with van der Waals surface area (Å²) in [5, 5.41) is 0. The molecule has 0 aromatic heterocycles. The van der Waals surface area contributed by atoms with E-state index in [1.807, 2.05) is 13.8 Å². The molecular weight excluding hydrogens is 216 g/mol. The molecule has 5 unspecified atom stereocenters. The summed E-state index contributed by atoms with van der Waals surface area (Å²) in [4.78, 5) is 0. The van der Waals surface area contributed by atoms with Crippen LogP contribution in [0.25, 0.3) is 0 Å². The van der Waals surface area contributed by atoms with Crippen LogP contribution in [0, 0.1) is 35.0 Å². The van der Waals surface area contributed by atoms with Gasteiger partial charge in [-0.25, -0.2) is 0 Å². The zero-order chi connectivity index (χ0) is 13.9. The molecule has 2 aliphatic carbocycles. The van der Waals surface area contributed by atoms with Gasteiger partial charge in [0, 0.05) is 0 Å². The standard InChI is InChI=1S/C16H30.C2H6/c1-6-12-11-9-14(13(12)7-2)15(10-11)16(4,5)8-3;1-2/h11-15H,6-10H2,1-5H3;1-2H3. The Kier molecular flexibility index (Phi) is 5.74. The molecule has 5 atom stereocenters. The van der Waals surface area contributed by atoms with E-state index in [1.165, 1.54) is 19.3 Å². The SMILES string of the molecule is CC.CCC1C2CC(C1CC)C(C(C)(C)CC)C2. The predicted octanol–water partition coefficient (Wildman–Crippen LogP) is 6.16. The van der Waals surface area contributed by atoms with E-state index in [2.05, 4.69) is 34.6 Å². The Labute approximate surface area is 116 Å². The van der Waals surface area contributed by atoms with Gasteiger partial charge in [-0.3, -0.25) is 0 Å². The summed E-state index contributed by atoms with van der Waals surface area (Å²) in [7, 11) is 0. The van der Waals surface area contributed by atoms with Crippen LogP contribution in [0.15, 0.2) is 0 Å². The average molecular weight is 252 g/mol. The lowest BCUT2D eigenvalue weighted by molar-refractivity contribution is 0.0636. The Morgan fingerprint density at radius 2 is 1.44 bits per heavy atom. The first kappa shape index (κ1) is 16.1. The van der Waals surface area contributed by atoms with E-state index in [0.29, 0.717) is 5.41 Å². The summed E-state index contributed by atoms with van der Waals surface area (Å²) in [6.07, 6.45) is 7.31. The molecule has 2 fully saturated rings. The van der Waals surface area contributed by atoms with Gasteiger partial charge in [0.25, 0.3) is 0 Å². The molecule has 0 heterocycles. The molecule has 0 aromatic carbocycles. The maximum absolute atomic E-state index is 2.51. The number of hydrogen-bond donors (Lipinski definition) is 0. The monoisotopic (exact) mass is 252 g/mol. The van der Waals surface area contributed by atoms with Gasteiger partial charge in [-0.1, -0.05) is 67.7 Å². The molecule has 18 heavy (non-hydrogen) atoms. The van der Waals surface area contributed by atoms with Crippen LogP contribution < -0.4 is 0 Å². The van der Waals surface area contributed by atoms with Crippen molar-refractivity contribution < 1.29 is 0 Å². The smallest absolute Gasteiger partial charge is 0.0326 e. The second-order valence-electron chi connectivity index (χ2n) is 6.99. The van der Waals surface area contributed by atoms with Crippen molar-refractivity contribution in [2.45, 2.75) is 80.6 Å². The minimum Gasteiger partial charge on any atom is -0.0683 e. The Balaban J connectivity index is 0.000000771. The maximum atomic E-state index is 2.51. The average Bonchev–Trinajstić information content (AvgIpc) is 2.97. The summed E-state index contributed by atoms with van der Waals surface area (Å²) in [5.74, 6) is 5.29. The first-order valence-corrected chi connectivity index (χ1v) is 8.55. The third-order valence-corrected chi connectivity index (χ3v) is 6.21. The van der Waals surface area contributed by atoms with Crippen molar-refractivity contribution in [3.05, 3.63) is 0 Å². The number of hydrogen-bond acceptors (Lipinski definition) is 0. The van der Waals surface area contributed by atoms with Crippen LogP contribution in [0.2, 0.25) is 0 Å². The van der Waals surface area contributed by atoms with Crippen LogP contribution in [0.4, 0.5) is 0 Å². The minimum absolute atomic E-state index is 0.589. The third-order valence-electron chi connectivity index (χ3n) is 6.21. The largest absolute Gasteiger partial charge is 0.0683 e. The summed E-state index contributed by atoms with van der Waals surface area (Å²) in [5.41, 5.74) is 0.589. The van der Waals surface area contributed by atoms with E-state index < -0.39 is 0 Å². The van der Waals surface area contributed by atoms with E-state index >= 15 is 0 Å². The zero-order valence-corrected chi connectivity index (χ0v) is 13.9. The lowest BCUT2D eigenvalue weighted by Gasteiger charge is -2.43. The van der Waals surface area contributed by atoms with Crippen molar-refractivity contribution in [2.24, 2.45) is 35.0 Å². The maximum Gasteiger partial charge on any atom is -0.0326 e. The van der Waals surface area contributed by atoms with Gasteiger partial charge in [-0.15, -0.1) is 0 Å². The Morgan fingerprint density at radius 3 is 1.89 bits per heavy atom. The normalized spacial score (nSPS) is 38.5. The molecule has 2 aliphatic rings. The fourth-order valence-corrected chi connectivity index (χ4v) is 5.00. The van der Waals surface area contributed by atoms with Crippen LogP contribution in [-0.2, 0) is 0 Å². The van der Waals surface area contributed by atoms with Crippen LogP contribution in [0.3, 0.4) is 0 Å². The molecule has 0 heteroatoms. The topological polar surface area (TPSA) is 0 Å². The Morgan fingerprint density at radius 1 is 0.889 bits per heavy atom. The molecule has 0 nitrogen and oxygen atoms in total.